The van der Waals surface area contributed by atoms with Crippen molar-refractivity contribution in [3.8, 4) is 0 Å². The molecular weight excluding hydrogens is 298 g/mol. The Kier molecular flexibility index (Phi) is 4.72. The monoisotopic (exact) mass is 313 g/mol. The van der Waals surface area contributed by atoms with Crippen LogP contribution in [0.3, 0.4) is 0 Å². The van der Waals surface area contributed by atoms with Crippen molar-refractivity contribution in [2.24, 2.45) is 0 Å². The molecule has 0 aliphatic carbocycles. The molecular formula is C13H15NO4S2. The van der Waals surface area contributed by atoms with Gasteiger partial charge in [-0.2, -0.15) is 0 Å². The van der Waals surface area contributed by atoms with Gasteiger partial charge in [-0.1, -0.05) is 23.4 Å². The van der Waals surface area contributed by atoms with Crippen molar-refractivity contribution in [2.75, 3.05) is 11.5 Å². The van der Waals surface area contributed by atoms with Crippen molar-refractivity contribution in [3.63, 3.8) is 0 Å². The Morgan fingerprint density at radius 2 is 1.95 bits per heavy atom. The third-order valence-corrected chi connectivity index (χ3v) is 5.92. The number of aryl methyl sites for hydroxylation is 1. The highest BCUT2D eigenvalue weighted by molar-refractivity contribution is 7.93. The van der Waals surface area contributed by atoms with Gasteiger partial charge in [-0.3, -0.25) is 4.21 Å². The fourth-order valence-corrected chi connectivity index (χ4v) is 4.69. The lowest BCUT2D eigenvalue weighted by atomic mass is 10.4. The maximum Gasteiger partial charge on any atom is 0.179 e. The second-order valence-corrected chi connectivity index (χ2v) is 8.04. The normalized spacial score (nSPS) is 13.2. The Bertz CT molecular complexity index is 692. The molecule has 0 bridgehead atoms. The van der Waals surface area contributed by atoms with Gasteiger partial charge in [0, 0.05) is 22.6 Å². The van der Waals surface area contributed by atoms with Crippen LogP contribution in [0.1, 0.15) is 11.5 Å². The summed E-state index contributed by atoms with van der Waals surface area (Å²) in [6.07, 6.45) is 0. The van der Waals surface area contributed by atoms with E-state index in [1.54, 1.807) is 31.2 Å². The molecule has 0 spiro atoms. The van der Waals surface area contributed by atoms with Crippen LogP contribution < -0.4 is 0 Å². The Balaban J connectivity index is 1.93. The van der Waals surface area contributed by atoms with E-state index in [1.165, 1.54) is 12.1 Å². The summed E-state index contributed by atoms with van der Waals surface area (Å²) in [5, 5.41) is 3.70. The molecule has 0 saturated carbocycles. The first-order valence-corrected chi connectivity index (χ1v) is 9.16. The van der Waals surface area contributed by atoms with Crippen LogP contribution in [0.2, 0.25) is 0 Å². The molecule has 0 saturated heterocycles. The number of rotatable bonds is 6. The number of hydrogen-bond donors (Lipinski definition) is 0. The summed E-state index contributed by atoms with van der Waals surface area (Å²) >= 11 is 0. The second kappa shape index (κ2) is 6.32. The first-order chi connectivity index (χ1) is 9.47. The van der Waals surface area contributed by atoms with Gasteiger partial charge in [0.05, 0.1) is 22.1 Å². The van der Waals surface area contributed by atoms with Gasteiger partial charge in [-0.05, 0) is 19.1 Å². The molecule has 0 aliphatic heterocycles. The molecule has 7 heteroatoms. The summed E-state index contributed by atoms with van der Waals surface area (Å²) in [6, 6.07) is 9.87. The molecule has 2 rings (SSSR count). The van der Waals surface area contributed by atoms with Gasteiger partial charge < -0.3 is 4.52 Å². The number of nitrogens with zero attached hydrogens (tertiary/aromatic N) is 1. The van der Waals surface area contributed by atoms with E-state index < -0.39 is 20.6 Å². The van der Waals surface area contributed by atoms with Crippen molar-refractivity contribution in [1.29, 1.82) is 0 Å². The molecule has 0 radical (unpaired) electrons. The molecule has 108 valence electrons. The fourth-order valence-electron chi connectivity index (χ4n) is 1.66. The van der Waals surface area contributed by atoms with Gasteiger partial charge in [-0.15, -0.1) is 0 Å². The van der Waals surface area contributed by atoms with E-state index in [1.807, 2.05) is 0 Å². The lowest BCUT2D eigenvalue weighted by Crippen LogP contribution is -2.14. The number of sulfone groups is 1. The molecule has 0 aliphatic rings. The topological polar surface area (TPSA) is 77.2 Å². The van der Waals surface area contributed by atoms with Gasteiger partial charge in [0.15, 0.2) is 9.84 Å². The molecule has 1 aromatic carbocycles. The zero-order valence-corrected chi connectivity index (χ0v) is 12.6. The van der Waals surface area contributed by atoms with Crippen molar-refractivity contribution in [3.05, 3.63) is 47.9 Å². The molecule has 1 heterocycles. The van der Waals surface area contributed by atoms with Crippen LogP contribution in [-0.4, -0.2) is 29.3 Å². The smallest absolute Gasteiger partial charge is 0.179 e. The maximum atomic E-state index is 12.0. The fraction of sp³-hybridized carbons (Fsp3) is 0.308. The van der Waals surface area contributed by atoms with Crippen LogP contribution in [0.5, 0.6) is 0 Å². The Labute approximate surface area is 120 Å². The molecule has 1 aromatic heterocycles. The minimum absolute atomic E-state index is 0.0803. The number of benzene rings is 1. The Morgan fingerprint density at radius 3 is 2.55 bits per heavy atom. The lowest BCUT2D eigenvalue weighted by molar-refractivity contribution is 0.390. The van der Waals surface area contributed by atoms with E-state index >= 15 is 0 Å². The molecule has 2 aromatic rings. The Morgan fingerprint density at radius 1 is 1.25 bits per heavy atom. The molecule has 0 fully saturated rings. The van der Waals surface area contributed by atoms with E-state index in [9.17, 15) is 12.6 Å². The predicted molar refractivity (Wildman–Crippen MR) is 76.4 cm³/mol. The highest BCUT2D eigenvalue weighted by atomic mass is 32.2. The van der Waals surface area contributed by atoms with E-state index in [-0.39, 0.29) is 22.2 Å². The van der Waals surface area contributed by atoms with E-state index in [0.717, 1.165) is 0 Å². The molecule has 5 nitrogen and oxygen atoms in total. The average molecular weight is 313 g/mol. The highest BCUT2D eigenvalue weighted by Gasteiger charge is 2.16. The molecule has 0 N–H and O–H groups in total. The Hall–Kier alpha value is -1.47. The minimum atomic E-state index is -3.38. The minimum Gasteiger partial charge on any atom is -0.360 e. The van der Waals surface area contributed by atoms with Crippen LogP contribution in [0, 0.1) is 6.92 Å². The van der Waals surface area contributed by atoms with Crippen LogP contribution in [-0.2, 0) is 26.4 Å². The third kappa shape index (κ3) is 4.01. The molecule has 20 heavy (non-hydrogen) atoms. The maximum absolute atomic E-state index is 12.0. The van der Waals surface area contributed by atoms with E-state index in [4.69, 9.17) is 4.52 Å². The summed E-state index contributed by atoms with van der Waals surface area (Å²) in [4.78, 5) is 0.257. The van der Waals surface area contributed by atoms with E-state index in [0.29, 0.717) is 11.5 Å². The largest absolute Gasteiger partial charge is 0.360 e. The van der Waals surface area contributed by atoms with Gasteiger partial charge in [0.2, 0.25) is 0 Å². The first-order valence-electron chi connectivity index (χ1n) is 6.02. The van der Waals surface area contributed by atoms with Crippen molar-refractivity contribution in [1.82, 2.24) is 5.16 Å². The number of hydrogen-bond acceptors (Lipinski definition) is 5. The summed E-state index contributed by atoms with van der Waals surface area (Å²) in [5.74, 6) is 0.636. The second-order valence-electron chi connectivity index (χ2n) is 4.35. The van der Waals surface area contributed by atoms with Gasteiger partial charge in [0.1, 0.15) is 5.76 Å². The number of aromatic nitrogens is 1. The summed E-state index contributed by atoms with van der Waals surface area (Å²) in [7, 11) is -4.67. The first kappa shape index (κ1) is 14.9. The van der Waals surface area contributed by atoms with Crippen LogP contribution in [0.4, 0.5) is 0 Å². The van der Waals surface area contributed by atoms with Crippen LogP contribution in [0.25, 0.3) is 0 Å². The van der Waals surface area contributed by atoms with Crippen molar-refractivity contribution >= 4 is 20.6 Å². The zero-order valence-electron chi connectivity index (χ0n) is 11.0. The third-order valence-electron chi connectivity index (χ3n) is 2.66. The quantitative estimate of drug-likeness (QED) is 0.811. The molecule has 1 atom stereocenters. The van der Waals surface area contributed by atoms with Crippen molar-refractivity contribution in [2.45, 2.75) is 17.6 Å². The van der Waals surface area contributed by atoms with Gasteiger partial charge >= 0.3 is 0 Å². The predicted octanol–water partition coefficient (Wildman–Crippen LogP) is 1.71. The summed E-state index contributed by atoms with van der Waals surface area (Å²) in [5.41, 5.74) is 0.717. The zero-order chi connectivity index (χ0) is 14.6. The van der Waals surface area contributed by atoms with Gasteiger partial charge in [0.25, 0.3) is 0 Å². The molecule has 0 amide bonds. The standard InChI is InChI=1S/C13H15NO4S2/c1-11-9-12(18-14-11)10-19(15)7-8-20(16,17)13-5-3-2-4-6-13/h2-6,9H,7-8,10H2,1H3. The summed E-state index contributed by atoms with van der Waals surface area (Å²) in [6.45, 7) is 1.77. The highest BCUT2D eigenvalue weighted by Crippen LogP contribution is 2.11. The van der Waals surface area contributed by atoms with Crippen molar-refractivity contribution < 1.29 is 17.1 Å². The average Bonchev–Trinajstić information content (AvgIpc) is 2.83. The van der Waals surface area contributed by atoms with Crippen LogP contribution >= 0.6 is 0 Å². The SMILES string of the molecule is Cc1cc(CS(=O)CCS(=O)(=O)c2ccccc2)on1. The van der Waals surface area contributed by atoms with Gasteiger partial charge in [-0.25, -0.2) is 8.42 Å². The lowest BCUT2D eigenvalue weighted by Gasteiger charge is -2.03. The summed E-state index contributed by atoms with van der Waals surface area (Å²) < 4.78 is 40.9. The molecule has 1 unspecified atom stereocenters. The van der Waals surface area contributed by atoms with E-state index in [2.05, 4.69) is 5.16 Å². The van der Waals surface area contributed by atoms with Crippen LogP contribution in [0.15, 0.2) is 45.8 Å².